The van der Waals surface area contributed by atoms with Crippen molar-refractivity contribution >= 4 is 23.4 Å². The maximum absolute atomic E-state index is 12.4. The smallest absolute Gasteiger partial charge is 0.189 e. The highest BCUT2D eigenvalue weighted by molar-refractivity contribution is 7.98. The first-order chi connectivity index (χ1) is 10.4. The molecule has 6 nitrogen and oxygen atoms in total. The van der Waals surface area contributed by atoms with Crippen molar-refractivity contribution in [2.24, 2.45) is 0 Å². The molecule has 1 N–H and O–H groups in total. The summed E-state index contributed by atoms with van der Waals surface area (Å²) in [7, 11) is 0. The zero-order valence-electron chi connectivity index (χ0n) is 13.1. The Labute approximate surface area is 134 Å². The van der Waals surface area contributed by atoms with E-state index >= 15 is 0 Å². The van der Waals surface area contributed by atoms with Gasteiger partial charge in [-0.15, -0.1) is 0 Å². The van der Waals surface area contributed by atoms with Crippen LogP contribution in [-0.2, 0) is 4.74 Å². The van der Waals surface area contributed by atoms with Gasteiger partial charge in [0.1, 0.15) is 11.4 Å². The van der Waals surface area contributed by atoms with Crippen molar-refractivity contribution in [3.63, 3.8) is 0 Å². The van der Waals surface area contributed by atoms with Gasteiger partial charge in [-0.05, 0) is 13.2 Å². The van der Waals surface area contributed by atoms with E-state index in [0.29, 0.717) is 42.7 Å². The van der Waals surface area contributed by atoms with E-state index in [9.17, 15) is 9.90 Å². The summed E-state index contributed by atoms with van der Waals surface area (Å²) in [5.41, 5.74) is 0.508. The number of Topliss-reactive ketones (excluding diaryl/α,β-unsaturated/α-hetero) is 1. The molecule has 1 aromatic heterocycles. The van der Waals surface area contributed by atoms with Gasteiger partial charge in [0.05, 0.1) is 31.0 Å². The Hall–Kier alpha value is -1.18. The molecule has 7 heteroatoms. The van der Waals surface area contributed by atoms with Crippen LogP contribution in [0, 0.1) is 0 Å². The van der Waals surface area contributed by atoms with Gasteiger partial charge in [0.2, 0.25) is 0 Å². The number of ketones is 1. The molecule has 0 amide bonds. The molecule has 2 aliphatic rings. The number of carbonyl (C=O) groups is 1. The summed E-state index contributed by atoms with van der Waals surface area (Å²) in [6, 6.07) is 0. The monoisotopic (exact) mass is 323 g/mol. The molecule has 120 valence electrons. The van der Waals surface area contributed by atoms with Crippen LogP contribution >= 0.6 is 11.8 Å². The summed E-state index contributed by atoms with van der Waals surface area (Å²) >= 11 is 1.47. The lowest BCUT2D eigenvalue weighted by atomic mass is 10.1. The molecule has 22 heavy (non-hydrogen) atoms. The minimum absolute atomic E-state index is 0.0926. The van der Waals surface area contributed by atoms with Crippen molar-refractivity contribution < 1.29 is 14.6 Å². The number of hydrogen-bond acceptors (Lipinski definition) is 7. The summed E-state index contributed by atoms with van der Waals surface area (Å²) in [4.78, 5) is 23.4. The molecule has 1 aromatic rings. The molecule has 2 atom stereocenters. The van der Waals surface area contributed by atoms with Crippen molar-refractivity contribution in [1.82, 2.24) is 9.97 Å². The second-order valence-electron chi connectivity index (χ2n) is 6.29. The van der Waals surface area contributed by atoms with Crippen molar-refractivity contribution in [1.29, 1.82) is 0 Å². The number of nitrogens with zero attached hydrogens (tertiary/aromatic N) is 3. The number of thioether (sulfide) groups is 1. The third-order valence-corrected chi connectivity index (χ3v) is 4.61. The minimum atomic E-state index is -0.957. The van der Waals surface area contributed by atoms with Crippen LogP contribution in [0.1, 0.15) is 42.2 Å². The van der Waals surface area contributed by atoms with Gasteiger partial charge in [0, 0.05) is 18.9 Å². The van der Waals surface area contributed by atoms with E-state index in [2.05, 4.69) is 9.97 Å². The molecule has 1 saturated heterocycles. The minimum Gasteiger partial charge on any atom is -0.386 e. The molecule has 1 aliphatic carbocycles. The lowest BCUT2D eigenvalue weighted by Gasteiger charge is -2.29. The number of hydrogen-bond donors (Lipinski definition) is 1. The third-order valence-electron chi connectivity index (χ3n) is 4.07. The second-order valence-corrected chi connectivity index (χ2v) is 7.07. The van der Waals surface area contributed by atoms with Crippen molar-refractivity contribution in [2.75, 3.05) is 37.5 Å². The van der Waals surface area contributed by atoms with Gasteiger partial charge in [-0.25, -0.2) is 9.97 Å². The molecule has 1 aliphatic heterocycles. The van der Waals surface area contributed by atoms with Gasteiger partial charge < -0.3 is 14.7 Å². The van der Waals surface area contributed by atoms with Crippen LogP contribution in [0.3, 0.4) is 0 Å². The Morgan fingerprint density at radius 1 is 1.45 bits per heavy atom. The fourth-order valence-corrected chi connectivity index (χ4v) is 3.42. The van der Waals surface area contributed by atoms with E-state index in [1.165, 1.54) is 11.8 Å². The van der Waals surface area contributed by atoms with Crippen LogP contribution in [0.4, 0.5) is 5.82 Å². The molecule has 1 fully saturated rings. The van der Waals surface area contributed by atoms with Crippen LogP contribution in [0.15, 0.2) is 5.16 Å². The first kappa shape index (κ1) is 15.7. The normalized spacial score (nSPS) is 28.6. The summed E-state index contributed by atoms with van der Waals surface area (Å²) in [5, 5.41) is 11.0. The number of fused-ring (bicyclic) bond motifs is 1. The summed E-state index contributed by atoms with van der Waals surface area (Å²) in [6.07, 6.45) is 2.41. The highest BCUT2D eigenvalue weighted by Crippen LogP contribution is 2.37. The van der Waals surface area contributed by atoms with Crippen LogP contribution in [-0.4, -0.2) is 59.0 Å². The van der Waals surface area contributed by atoms with Crippen molar-refractivity contribution in [3.8, 4) is 0 Å². The molecule has 0 aromatic carbocycles. The third kappa shape index (κ3) is 2.85. The lowest BCUT2D eigenvalue weighted by Crippen LogP contribution is -2.42. The standard InChI is InChI=1S/C15H21N3O3S/c1-9-6-10(19)11-12(9)16-14(22-3)17-13(11)18-4-5-21-8-15(2,20)7-18/h9,20H,4-8H2,1-3H3/t9?,15-/m0/s1. The molecule has 2 heterocycles. The quantitative estimate of drug-likeness (QED) is 0.652. The zero-order chi connectivity index (χ0) is 15.9. The molecule has 0 radical (unpaired) electrons. The Morgan fingerprint density at radius 3 is 2.95 bits per heavy atom. The number of β-amino-alcohol motifs (C(OH)–C–C–N with tert-alkyl or cyclic N) is 1. The Kier molecular flexibility index (Phi) is 4.13. The summed E-state index contributed by atoms with van der Waals surface area (Å²) < 4.78 is 5.46. The molecular weight excluding hydrogens is 302 g/mol. The van der Waals surface area contributed by atoms with Gasteiger partial charge in [0.25, 0.3) is 0 Å². The Bertz CT molecular complexity index is 606. The second kappa shape index (κ2) is 5.79. The largest absolute Gasteiger partial charge is 0.386 e. The number of carbonyl (C=O) groups excluding carboxylic acids is 1. The summed E-state index contributed by atoms with van der Waals surface area (Å²) in [5.74, 6) is 0.864. The first-order valence-corrected chi connectivity index (χ1v) is 8.68. The predicted octanol–water partition coefficient (Wildman–Crippen LogP) is 1.48. The topological polar surface area (TPSA) is 75.6 Å². The highest BCUT2D eigenvalue weighted by atomic mass is 32.2. The van der Waals surface area contributed by atoms with Crippen LogP contribution < -0.4 is 4.90 Å². The van der Waals surface area contributed by atoms with Gasteiger partial charge in [-0.2, -0.15) is 0 Å². The van der Waals surface area contributed by atoms with Gasteiger partial charge in [0.15, 0.2) is 10.9 Å². The first-order valence-electron chi connectivity index (χ1n) is 7.45. The molecule has 0 spiro atoms. The fourth-order valence-electron chi connectivity index (χ4n) is 3.05. The van der Waals surface area contributed by atoms with E-state index < -0.39 is 5.60 Å². The van der Waals surface area contributed by atoms with Crippen molar-refractivity contribution in [3.05, 3.63) is 11.3 Å². The number of ether oxygens (including phenoxy) is 1. The molecule has 0 bridgehead atoms. The zero-order valence-corrected chi connectivity index (χ0v) is 13.9. The van der Waals surface area contributed by atoms with E-state index in [1.807, 2.05) is 18.1 Å². The fraction of sp³-hybridized carbons (Fsp3) is 0.667. The number of anilines is 1. The molecule has 1 unspecified atom stereocenters. The van der Waals surface area contributed by atoms with E-state index in [1.54, 1.807) is 6.92 Å². The Morgan fingerprint density at radius 2 is 2.23 bits per heavy atom. The summed E-state index contributed by atoms with van der Waals surface area (Å²) in [6.45, 7) is 5.56. The number of aliphatic hydroxyl groups is 1. The average Bonchev–Trinajstić information content (AvgIpc) is 2.64. The number of rotatable bonds is 2. The average molecular weight is 323 g/mol. The van der Waals surface area contributed by atoms with Crippen LogP contribution in [0.25, 0.3) is 0 Å². The SMILES string of the molecule is CSc1nc2c(c(N3CCOC[C@@](C)(O)C3)n1)C(=O)CC2C. The molecular formula is C15H21N3O3S. The lowest BCUT2D eigenvalue weighted by molar-refractivity contribution is -0.0123. The van der Waals surface area contributed by atoms with Gasteiger partial charge >= 0.3 is 0 Å². The molecule has 3 rings (SSSR count). The van der Waals surface area contributed by atoms with Gasteiger partial charge in [-0.1, -0.05) is 18.7 Å². The molecule has 0 saturated carbocycles. The van der Waals surface area contributed by atoms with E-state index in [-0.39, 0.29) is 18.3 Å². The van der Waals surface area contributed by atoms with E-state index in [4.69, 9.17) is 4.74 Å². The van der Waals surface area contributed by atoms with Crippen LogP contribution in [0.5, 0.6) is 0 Å². The van der Waals surface area contributed by atoms with Crippen molar-refractivity contribution in [2.45, 2.75) is 36.9 Å². The number of aromatic nitrogens is 2. The van der Waals surface area contributed by atoms with E-state index in [0.717, 1.165) is 5.69 Å². The predicted molar refractivity (Wildman–Crippen MR) is 84.8 cm³/mol. The Balaban J connectivity index is 2.08. The maximum Gasteiger partial charge on any atom is 0.189 e. The van der Waals surface area contributed by atoms with Gasteiger partial charge in [-0.3, -0.25) is 4.79 Å². The van der Waals surface area contributed by atoms with Crippen LogP contribution in [0.2, 0.25) is 0 Å². The maximum atomic E-state index is 12.4. The highest BCUT2D eigenvalue weighted by Gasteiger charge is 2.36.